The van der Waals surface area contributed by atoms with Gasteiger partial charge < -0.3 is 10.2 Å². The molecule has 2 nitrogen and oxygen atoms in total. The van der Waals surface area contributed by atoms with E-state index in [2.05, 4.69) is 40.5 Å². The Morgan fingerprint density at radius 3 is 2.94 bits per heavy atom. The van der Waals surface area contributed by atoms with Crippen molar-refractivity contribution >= 4 is 0 Å². The van der Waals surface area contributed by atoms with Crippen molar-refractivity contribution in [3.05, 3.63) is 35.9 Å². The molecule has 17 heavy (non-hydrogen) atoms. The molecule has 0 saturated carbocycles. The predicted octanol–water partition coefficient (Wildman–Crippen LogP) is 1.91. The highest BCUT2D eigenvalue weighted by molar-refractivity contribution is 5.14. The second kappa shape index (κ2) is 5.19. The minimum Gasteiger partial charge on any atom is -0.312 e. The van der Waals surface area contributed by atoms with E-state index in [1.54, 1.807) is 0 Å². The number of hydrogen-bond donors (Lipinski definition) is 1. The lowest BCUT2D eigenvalue weighted by molar-refractivity contribution is 0.168. The van der Waals surface area contributed by atoms with E-state index in [-0.39, 0.29) is 0 Å². The largest absolute Gasteiger partial charge is 0.312 e. The maximum atomic E-state index is 3.65. The van der Waals surface area contributed by atoms with Crippen molar-refractivity contribution in [2.24, 2.45) is 5.92 Å². The van der Waals surface area contributed by atoms with Gasteiger partial charge in [-0.25, -0.2) is 0 Å². The lowest BCUT2D eigenvalue weighted by atomic mass is 9.92. The van der Waals surface area contributed by atoms with Crippen LogP contribution in [0.2, 0.25) is 0 Å². The summed E-state index contributed by atoms with van der Waals surface area (Å²) in [5.74, 6) is 0.961. The van der Waals surface area contributed by atoms with Crippen LogP contribution in [0.3, 0.4) is 0 Å². The van der Waals surface area contributed by atoms with Gasteiger partial charge in [0.1, 0.15) is 0 Å². The first-order chi connectivity index (χ1) is 8.42. The maximum Gasteiger partial charge on any atom is 0.0224 e. The van der Waals surface area contributed by atoms with Crippen molar-refractivity contribution in [3.8, 4) is 0 Å². The number of fused-ring (bicyclic) bond motifs is 1. The molecule has 2 atom stereocenters. The summed E-state index contributed by atoms with van der Waals surface area (Å²) in [7, 11) is 0. The third-order valence-corrected chi connectivity index (χ3v) is 4.32. The Morgan fingerprint density at radius 2 is 2.06 bits per heavy atom. The second-order valence-electron chi connectivity index (χ2n) is 5.43. The number of likely N-dealkylation sites (tertiary alicyclic amines) is 1. The molecule has 0 aromatic heterocycles. The zero-order chi connectivity index (χ0) is 11.5. The van der Waals surface area contributed by atoms with Gasteiger partial charge in [0.25, 0.3) is 0 Å². The first-order valence-corrected chi connectivity index (χ1v) is 6.91. The number of rotatable bonds is 3. The van der Waals surface area contributed by atoms with Gasteiger partial charge in [-0.15, -0.1) is 0 Å². The van der Waals surface area contributed by atoms with Crippen molar-refractivity contribution in [2.75, 3.05) is 26.2 Å². The Bertz CT molecular complexity index is 349. The molecule has 2 heterocycles. The summed E-state index contributed by atoms with van der Waals surface area (Å²) in [6, 6.07) is 11.6. The summed E-state index contributed by atoms with van der Waals surface area (Å²) < 4.78 is 0. The molecule has 0 spiro atoms. The molecule has 2 aliphatic rings. The van der Waals surface area contributed by atoms with Crippen molar-refractivity contribution < 1.29 is 0 Å². The van der Waals surface area contributed by atoms with E-state index in [0.29, 0.717) is 0 Å². The van der Waals surface area contributed by atoms with Gasteiger partial charge in [0.05, 0.1) is 0 Å². The van der Waals surface area contributed by atoms with E-state index in [0.717, 1.165) is 12.0 Å². The van der Waals surface area contributed by atoms with Gasteiger partial charge in [-0.05, 0) is 43.8 Å². The quantitative estimate of drug-likeness (QED) is 0.853. The van der Waals surface area contributed by atoms with Crippen LogP contribution >= 0.6 is 0 Å². The van der Waals surface area contributed by atoms with Crippen LogP contribution in [0.1, 0.15) is 18.4 Å². The van der Waals surface area contributed by atoms with Crippen LogP contribution < -0.4 is 5.32 Å². The third-order valence-electron chi connectivity index (χ3n) is 4.32. The minimum absolute atomic E-state index is 0.777. The zero-order valence-electron chi connectivity index (χ0n) is 10.4. The van der Waals surface area contributed by atoms with Gasteiger partial charge in [-0.3, -0.25) is 0 Å². The highest BCUT2D eigenvalue weighted by Crippen LogP contribution is 2.25. The number of benzene rings is 1. The summed E-state index contributed by atoms with van der Waals surface area (Å²) >= 11 is 0. The summed E-state index contributed by atoms with van der Waals surface area (Å²) in [5, 5.41) is 3.65. The number of hydrogen-bond acceptors (Lipinski definition) is 2. The zero-order valence-corrected chi connectivity index (χ0v) is 10.4. The summed E-state index contributed by atoms with van der Waals surface area (Å²) in [4.78, 5) is 2.63. The van der Waals surface area contributed by atoms with E-state index in [4.69, 9.17) is 0 Å². The molecule has 0 aliphatic carbocycles. The number of nitrogens with one attached hydrogen (secondary N) is 1. The molecule has 2 aliphatic heterocycles. The Labute approximate surface area is 104 Å². The molecule has 0 radical (unpaired) electrons. The summed E-state index contributed by atoms with van der Waals surface area (Å²) in [6.45, 7) is 5.02. The summed E-state index contributed by atoms with van der Waals surface area (Å²) in [6.07, 6.45) is 3.99. The highest BCUT2D eigenvalue weighted by atomic mass is 15.2. The SMILES string of the molecule is c1ccc(CCN2CC[C@@H]3CCN[C@H]3C2)cc1. The molecular weight excluding hydrogens is 208 g/mol. The second-order valence-corrected chi connectivity index (χ2v) is 5.43. The van der Waals surface area contributed by atoms with E-state index >= 15 is 0 Å². The molecule has 0 bridgehead atoms. The van der Waals surface area contributed by atoms with Gasteiger partial charge >= 0.3 is 0 Å². The first-order valence-electron chi connectivity index (χ1n) is 6.91. The predicted molar refractivity (Wildman–Crippen MR) is 71.1 cm³/mol. The Balaban J connectivity index is 1.50. The average Bonchev–Trinajstić information content (AvgIpc) is 2.85. The van der Waals surface area contributed by atoms with E-state index < -0.39 is 0 Å². The molecular formula is C15H22N2. The fourth-order valence-electron chi connectivity index (χ4n) is 3.23. The fraction of sp³-hybridized carbons (Fsp3) is 0.600. The highest BCUT2D eigenvalue weighted by Gasteiger charge is 2.31. The van der Waals surface area contributed by atoms with Gasteiger partial charge in [0.2, 0.25) is 0 Å². The Hall–Kier alpha value is -0.860. The van der Waals surface area contributed by atoms with Gasteiger partial charge in [-0.1, -0.05) is 30.3 Å². The standard InChI is InChI=1S/C15H22N2/c1-2-4-13(5-3-1)7-10-17-11-8-14-6-9-16-15(14)12-17/h1-5,14-16H,6-12H2/t14-,15-/m0/s1. The van der Waals surface area contributed by atoms with E-state index in [9.17, 15) is 0 Å². The molecule has 2 heteroatoms. The van der Waals surface area contributed by atoms with Crippen LogP contribution in [0.15, 0.2) is 30.3 Å². The Kier molecular flexibility index (Phi) is 3.44. The molecule has 0 unspecified atom stereocenters. The van der Waals surface area contributed by atoms with Crippen LogP contribution in [-0.4, -0.2) is 37.1 Å². The van der Waals surface area contributed by atoms with Crippen molar-refractivity contribution in [1.29, 1.82) is 0 Å². The van der Waals surface area contributed by atoms with Crippen molar-refractivity contribution in [3.63, 3.8) is 0 Å². The van der Waals surface area contributed by atoms with Crippen LogP contribution in [0.5, 0.6) is 0 Å². The molecule has 3 rings (SSSR count). The van der Waals surface area contributed by atoms with Gasteiger partial charge in [-0.2, -0.15) is 0 Å². The fourth-order valence-corrected chi connectivity index (χ4v) is 3.23. The van der Waals surface area contributed by atoms with Crippen LogP contribution in [0.25, 0.3) is 0 Å². The lowest BCUT2D eigenvalue weighted by Gasteiger charge is -2.34. The lowest BCUT2D eigenvalue weighted by Crippen LogP contribution is -2.46. The molecule has 1 aromatic rings. The normalized spacial score (nSPS) is 29.2. The van der Waals surface area contributed by atoms with Crippen molar-refractivity contribution in [2.45, 2.75) is 25.3 Å². The van der Waals surface area contributed by atoms with Gasteiger partial charge in [0.15, 0.2) is 0 Å². The van der Waals surface area contributed by atoms with Crippen LogP contribution in [0.4, 0.5) is 0 Å². The van der Waals surface area contributed by atoms with E-state index in [1.807, 2.05) is 0 Å². The number of piperidine rings is 1. The maximum absolute atomic E-state index is 3.65. The minimum atomic E-state index is 0.777. The molecule has 1 N–H and O–H groups in total. The smallest absolute Gasteiger partial charge is 0.0224 e. The van der Waals surface area contributed by atoms with Crippen molar-refractivity contribution in [1.82, 2.24) is 10.2 Å². The average molecular weight is 230 g/mol. The molecule has 1 aromatic carbocycles. The third kappa shape index (κ3) is 2.70. The molecule has 0 amide bonds. The summed E-state index contributed by atoms with van der Waals surface area (Å²) in [5.41, 5.74) is 1.47. The Morgan fingerprint density at radius 1 is 1.18 bits per heavy atom. The molecule has 2 fully saturated rings. The first kappa shape index (κ1) is 11.2. The topological polar surface area (TPSA) is 15.3 Å². The number of nitrogens with zero attached hydrogens (tertiary/aromatic N) is 1. The van der Waals surface area contributed by atoms with Crippen LogP contribution in [-0.2, 0) is 6.42 Å². The van der Waals surface area contributed by atoms with Crippen LogP contribution in [0, 0.1) is 5.92 Å². The monoisotopic (exact) mass is 230 g/mol. The van der Waals surface area contributed by atoms with Gasteiger partial charge in [0, 0.05) is 19.1 Å². The molecule has 92 valence electrons. The molecule has 2 saturated heterocycles. The van der Waals surface area contributed by atoms with E-state index in [1.165, 1.54) is 51.0 Å².